The monoisotopic (exact) mass is 330 g/mol. The number of fused-ring (bicyclic) bond motifs is 1. The zero-order valence-corrected chi connectivity index (χ0v) is 13.5. The first-order valence-electron chi connectivity index (χ1n) is 7.65. The molecular weight excluding hydrogens is 312 g/mol. The van der Waals surface area contributed by atoms with E-state index in [9.17, 15) is 9.59 Å². The van der Waals surface area contributed by atoms with Gasteiger partial charge in [-0.1, -0.05) is 24.3 Å². The van der Waals surface area contributed by atoms with E-state index >= 15 is 0 Å². The number of likely N-dealkylation sites (tertiary alicyclic amines) is 1. The number of rotatable bonds is 3. The third-order valence-corrected chi connectivity index (χ3v) is 4.99. The molecule has 1 saturated heterocycles. The number of carbonyl (C=O) groups excluding carboxylic acids is 1. The molecule has 120 valence electrons. The van der Waals surface area contributed by atoms with Crippen molar-refractivity contribution < 1.29 is 14.7 Å². The Morgan fingerprint density at radius 1 is 1.30 bits per heavy atom. The Balaban J connectivity index is 1.64. The first-order valence-corrected chi connectivity index (χ1v) is 8.42. The maximum absolute atomic E-state index is 12.4. The second kappa shape index (κ2) is 7.00. The first kappa shape index (κ1) is 15.8. The Morgan fingerprint density at radius 3 is 2.96 bits per heavy atom. The van der Waals surface area contributed by atoms with Gasteiger partial charge in [0.1, 0.15) is 0 Å². The smallest absolute Gasteiger partial charge is 0.308 e. The summed E-state index contributed by atoms with van der Waals surface area (Å²) < 4.78 is 4.44. The molecule has 1 aromatic rings. The molecule has 0 radical (unpaired) electrons. The lowest BCUT2D eigenvalue weighted by Crippen LogP contribution is -2.42. The summed E-state index contributed by atoms with van der Waals surface area (Å²) in [6.45, 7) is 0.936. The summed E-state index contributed by atoms with van der Waals surface area (Å²) in [5.41, 5.74) is 1.81. The van der Waals surface area contributed by atoms with Crippen molar-refractivity contribution >= 4 is 35.6 Å². The van der Waals surface area contributed by atoms with E-state index in [4.69, 9.17) is 5.11 Å². The van der Waals surface area contributed by atoms with Crippen LogP contribution >= 0.6 is 11.9 Å². The minimum Gasteiger partial charge on any atom is -0.481 e. The number of carboxylic acids is 1. The predicted molar refractivity (Wildman–Crippen MR) is 90.3 cm³/mol. The second-order valence-corrected chi connectivity index (χ2v) is 6.54. The average molecular weight is 330 g/mol. The van der Waals surface area contributed by atoms with Crippen LogP contribution in [-0.2, 0) is 9.59 Å². The molecule has 0 bridgehead atoms. The Kier molecular flexibility index (Phi) is 4.81. The zero-order valence-electron chi connectivity index (χ0n) is 12.6. The van der Waals surface area contributed by atoms with E-state index in [1.807, 2.05) is 36.4 Å². The summed E-state index contributed by atoms with van der Waals surface area (Å²) in [7, 11) is 0. The molecule has 0 aromatic heterocycles. The minimum atomic E-state index is -0.819. The minimum absolute atomic E-state index is 0.0501. The van der Waals surface area contributed by atoms with Gasteiger partial charge in [0.25, 0.3) is 0 Å². The van der Waals surface area contributed by atoms with E-state index < -0.39 is 11.9 Å². The topological polar surface area (TPSA) is 70.0 Å². The summed E-state index contributed by atoms with van der Waals surface area (Å²) in [4.78, 5) is 26.3. The largest absolute Gasteiger partial charge is 0.481 e. The van der Waals surface area contributed by atoms with E-state index in [0.717, 1.165) is 16.9 Å². The zero-order chi connectivity index (χ0) is 16.2. The van der Waals surface area contributed by atoms with E-state index in [1.165, 1.54) is 11.9 Å². The number of amides is 1. The van der Waals surface area contributed by atoms with Gasteiger partial charge >= 0.3 is 5.97 Å². The van der Waals surface area contributed by atoms with Crippen molar-refractivity contribution in [1.82, 2.24) is 4.90 Å². The van der Waals surface area contributed by atoms with Gasteiger partial charge in [-0.2, -0.15) is 0 Å². The normalized spacial score (nSPS) is 20.4. The summed E-state index contributed by atoms with van der Waals surface area (Å²) in [6, 6.07) is 7.95. The number of hydrogen-bond acceptors (Lipinski definition) is 4. The lowest BCUT2D eigenvalue weighted by molar-refractivity contribution is -0.145. The maximum atomic E-state index is 12.4. The highest BCUT2D eigenvalue weighted by molar-refractivity contribution is 7.98. The summed E-state index contributed by atoms with van der Waals surface area (Å²) in [5, 5.41) is 9.12. The molecule has 2 aliphatic heterocycles. The molecule has 1 N–H and O–H groups in total. The van der Waals surface area contributed by atoms with Crippen LogP contribution in [0.5, 0.6) is 0 Å². The van der Waals surface area contributed by atoms with Crippen LogP contribution in [0.1, 0.15) is 24.8 Å². The van der Waals surface area contributed by atoms with Crippen LogP contribution in [0.3, 0.4) is 0 Å². The molecule has 2 heterocycles. The first-order chi connectivity index (χ1) is 11.1. The van der Waals surface area contributed by atoms with Crippen molar-refractivity contribution in [2.75, 3.05) is 13.1 Å². The van der Waals surface area contributed by atoms with Gasteiger partial charge in [-0.05, 0) is 30.5 Å². The SMILES string of the molecule is O=C(O)C1CCCN(C(=O)CC2=NSc3ccccc3C=C2)C1. The molecule has 0 spiro atoms. The number of benzene rings is 1. The summed E-state index contributed by atoms with van der Waals surface area (Å²) in [5.74, 6) is -1.32. The summed E-state index contributed by atoms with van der Waals surface area (Å²) in [6.07, 6.45) is 5.44. The molecule has 5 nitrogen and oxygen atoms in total. The highest BCUT2D eigenvalue weighted by Gasteiger charge is 2.28. The van der Waals surface area contributed by atoms with E-state index in [1.54, 1.807) is 4.90 Å². The van der Waals surface area contributed by atoms with Crippen molar-refractivity contribution in [3.05, 3.63) is 35.9 Å². The van der Waals surface area contributed by atoms with Crippen molar-refractivity contribution in [1.29, 1.82) is 0 Å². The fourth-order valence-electron chi connectivity index (χ4n) is 2.79. The fourth-order valence-corrected chi connectivity index (χ4v) is 3.51. The molecule has 0 aliphatic carbocycles. The van der Waals surface area contributed by atoms with Crippen LogP contribution in [0.4, 0.5) is 0 Å². The maximum Gasteiger partial charge on any atom is 0.308 e. The average Bonchev–Trinajstić information content (AvgIpc) is 2.78. The number of carboxylic acid groups (broad SMARTS) is 1. The molecule has 1 fully saturated rings. The Labute approximate surface area is 139 Å². The van der Waals surface area contributed by atoms with Crippen molar-refractivity contribution in [2.45, 2.75) is 24.2 Å². The number of aliphatic carboxylic acids is 1. The van der Waals surface area contributed by atoms with Gasteiger partial charge in [-0.25, -0.2) is 4.40 Å². The Hall–Kier alpha value is -2.08. The molecule has 3 rings (SSSR count). The van der Waals surface area contributed by atoms with Crippen LogP contribution in [-0.4, -0.2) is 40.7 Å². The van der Waals surface area contributed by atoms with Crippen LogP contribution in [0.25, 0.3) is 6.08 Å². The van der Waals surface area contributed by atoms with E-state index in [0.29, 0.717) is 25.2 Å². The quantitative estimate of drug-likeness (QED) is 0.865. The van der Waals surface area contributed by atoms with Crippen LogP contribution in [0, 0.1) is 5.92 Å². The van der Waals surface area contributed by atoms with Gasteiger partial charge < -0.3 is 10.0 Å². The second-order valence-electron chi connectivity index (χ2n) is 5.74. The van der Waals surface area contributed by atoms with Crippen molar-refractivity contribution in [3.8, 4) is 0 Å². The molecule has 1 atom stereocenters. The van der Waals surface area contributed by atoms with Gasteiger partial charge in [0.05, 0.1) is 18.1 Å². The third kappa shape index (κ3) is 3.82. The van der Waals surface area contributed by atoms with Crippen LogP contribution in [0.15, 0.2) is 39.6 Å². The van der Waals surface area contributed by atoms with Gasteiger partial charge in [-0.15, -0.1) is 0 Å². The highest BCUT2D eigenvalue weighted by Crippen LogP contribution is 2.28. The molecule has 23 heavy (non-hydrogen) atoms. The van der Waals surface area contributed by atoms with Crippen LogP contribution < -0.4 is 0 Å². The molecule has 1 amide bonds. The van der Waals surface area contributed by atoms with Crippen LogP contribution in [0.2, 0.25) is 0 Å². The fraction of sp³-hybridized carbons (Fsp3) is 0.353. The standard InChI is InChI=1S/C17H18N2O3S/c20-16(19-9-3-5-13(11-19)17(21)22)10-14-8-7-12-4-1-2-6-15(12)23-18-14/h1-2,4,6-8,13H,3,5,9-11H2,(H,21,22). The van der Waals surface area contributed by atoms with Gasteiger partial charge in [-0.3, -0.25) is 9.59 Å². The number of carbonyl (C=O) groups is 2. The number of allylic oxidation sites excluding steroid dienone is 1. The lowest BCUT2D eigenvalue weighted by Gasteiger charge is -2.30. The molecule has 1 unspecified atom stereocenters. The Bertz CT molecular complexity index is 684. The molecule has 6 heteroatoms. The number of hydrogen-bond donors (Lipinski definition) is 1. The molecule has 1 aromatic carbocycles. The molecule has 2 aliphatic rings. The molecule has 0 saturated carbocycles. The van der Waals surface area contributed by atoms with Gasteiger partial charge in [0, 0.05) is 29.9 Å². The van der Waals surface area contributed by atoms with Crippen molar-refractivity contribution in [2.24, 2.45) is 10.3 Å². The number of nitrogens with zero attached hydrogens (tertiary/aromatic N) is 2. The Morgan fingerprint density at radius 2 is 2.13 bits per heavy atom. The van der Waals surface area contributed by atoms with E-state index in [-0.39, 0.29) is 12.3 Å². The van der Waals surface area contributed by atoms with Gasteiger partial charge in [0.2, 0.25) is 5.91 Å². The highest BCUT2D eigenvalue weighted by atomic mass is 32.2. The van der Waals surface area contributed by atoms with Gasteiger partial charge in [0.15, 0.2) is 0 Å². The number of piperidine rings is 1. The third-order valence-electron chi connectivity index (χ3n) is 4.09. The summed E-state index contributed by atoms with van der Waals surface area (Å²) >= 11 is 1.37. The van der Waals surface area contributed by atoms with E-state index in [2.05, 4.69) is 4.40 Å². The predicted octanol–water partition coefficient (Wildman–Crippen LogP) is 2.87. The molecular formula is C17H18N2O3S. The lowest BCUT2D eigenvalue weighted by atomic mass is 9.98. The van der Waals surface area contributed by atoms with Crippen molar-refractivity contribution in [3.63, 3.8) is 0 Å².